The van der Waals surface area contributed by atoms with E-state index in [1.54, 1.807) is 24.0 Å². The molecule has 2 atom stereocenters. The molecule has 7 heteroatoms. The van der Waals surface area contributed by atoms with Crippen molar-refractivity contribution in [2.75, 3.05) is 13.1 Å². The molecule has 1 N–H and O–H groups in total. The monoisotopic (exact) mass is 370 g/mol. The van der Waals surface area contributed by atoms with Crippen molar-refractivity contribution >= 4 is 5.91 Å². The highest BCUT2D eigenvalue weighted by Gasteiger charge is 2.35. The summed E-state index contributed by atoms with van der Waals surface area (Å²) in [5.41, 5.74) is 2.20. The van der Waals surface area contributed by atoms with Gasteiger partial charge in [0.2, 0.25) is 0 Å². The van der Waals surface area contributed by atoms with Gasteiger partial charge < -0.3 is 15.0 Å². The van der Waals surface area contributed by atoms with E-state index in [1.165, 1.54) is 12.1 Å². The minimum absolute atomic E-state index is 0.121. The van der Waals surface area contributed by atoms with E-state index >= 15 is 0 Å². The third kappa shape index (κ3) is 3.78. The summed E-state index contributed by atoms with van der Waals surface area (Å²) in [6.07, 6.45) is 3.80. The first kappa shape index (κ1) is 17.9. The average Bonchev–Trinajstić information content (AvgIpc) is 3.16. The van der Waals surface area contributed by atoms with E-state index in [-0.39, 0.29) is 17.8 Å². The fourth-order valence-corrected chi connectivity index (χ4v) is 3.74. The normalized spacial score (nSPS) is 20.2. The van der Waals surface area contributed by atoms with E-state index in [9.17, 15) is 9.18 Å². The third-order valence-corrected chi connectivity index (χ3v) is 5.12. The van der Waals surface area contributed by atoms with Gasteiger partial charge in [0.25, 0.3) is 5.91 Å². The molecule has 0 spiro atoms. The Morgan fingerprint density at radius 2 is 2.33 bits per heavy atom. The van der Waals surface area contributed by atoms with Gasteiger partial charge in [-0.25, -0.2) is 14.4 Å². The standard InChI is InChI=1S/C20H23FN4O2/c1-13(27-16-5-2-4-15(21)10-16)20(26)25-9-3-6-18(25)19-23-12-14-11-22-8-7-17(14)24-19/h2,4-5,10,12-13,18,22H,3,6-9,11H2,1H3. The molecule has 0 bridgehead atoms. The number of hydrogen-bond acceptors (Lipinski definition) is 5. The maximum absolute atomic E-state index is 13.3. The Labute approximate surface area is 157 Å². The van der Waals surface area contributed by atoms with Gasteiger partial charge in [-0.2, -0.15) is 0 Å². The van der Waals surface area contributed by atoms with Crippen molar-refractivity contribution in [2.45, 2.75) is 44.9 Å². The van der Waals surface area contributed by atoms with Crippen LogP contribution in [0.2, 0.25) is 0 Å². The summed E-state index contributed by atoms with van der Waals surface area (Å²) >= 11 is 0. The van der Waals surface area contributed by atoms with Gasteiger partial charge >= 0.3 is 0 Å². The number of rotatable bonds is 4. The zero-order chi connectivity index (χ0) is 18.8. The Balaban J connectivity index is 1.49. The molecule has 2 aliphatic rings. The van der Waals surface area contributed by atoms with E-state index in [4.69, 9.17) is 9.72 Å². The molecule has 4 rings (SSSR count). The second kappa shape index (κ2) is 7.60. The molecule has 1 aromatic heterocycles. The Kier molecular flexibility index (Phi) is 5.03. The molecule has 0 aliphatic carbocycles. The first-order valence-corrected chi connectivity index (χ1v) is 9.40. The molecule has 0 radical (unpaired) electrons. The van der Waals surface area contributed by atoms with E-state index in [1.807, 2.05) is 6.20 Å². The van der Waals surface area contributed by atoms with Gasteiger partial charge in [-0.3, -0.25) is 4.79 Å². The highest BCUT2D eigenvalue weighted by molar-refractivity contribution is 5.81. The van der Waals surface area contributed by atoms with E-state index in [2.05, 4.69) is 10.3 Å². The van der Waals surface area contributed by atoms with Crippen LogP contribution in [-0.4, -0.2) is 40.0 Å². The van der Waals surface area contributed by atoms with Crippen molar-refractivity contribution in [3.8, 4) is 5.75 Å². The molecule has 1 aromatic carbocycles. The third-order valence-electron chi connectivity index (χ3n) is 5.12. The van der Waals surface area contributed by atoms with Crippen molar-refractivity contribution in [1.29, 1.82) is 0 Å². The second-order valence-corrected chi connectivity index (χ2v) is 7.03. The fraction of sp³-hybridized carbons (Fsp3) is 0.450. The van der Waals surface area contributed by atoms with Crippen LogP contribution in [0.4, 0.5) is 4.39 Å². The lowest BCUT2D eigenvalue weighted by molar-refractivity contribution is -0.139. The van der Waals surface area contributed by atoms with Gasteiger partial charge in [0.1, 0.15) is 11.6 Å². The van der Waals surface area contributed by atoms with E-state index in [0.29, 0.717) is 18.1 Å². The highest BCUT2D eigenvalue weighted by Crippen LogP contribution is 2.31. The Hall–Kier alpha value is -2.54. The molecular weight excluding hydrogens is 347 g/mol. The molecule has 1 amide bonds. The largest absolute Gasteiger partial charge is 0.481 e. The summed E-state index contributed by atoms with van der Waals surface area (Å²) in [7, 11) is 0. The molecule has 142 valence electrons. The lowest BCUT2D eigenvalue weighted by atomic mass is 10.1. The summed E-state index contributed by atoms with van der Waals surface area (Å²) in [6, 6.07) is 5.71. The number of carbonyl (C=O) groups is 1. The smallest absolute Gasteiger partial charge is 0.263 e. The van der Waals surface area contributed by atoms with Crippen LogP contribution in [0.15, 0.2) is 30.5 Å². The van der Waals surface area contributed by atoms with Crippen molar-refractivity contribution in [3.63, 3.8) is 0 Å². The van der Waals surface area contributed by atoms with Crippen LogP contribution in [0, 0.1) is 5.82 Å². The lowest BCUT2D eigenvalue weighted by Crippen LogP contribution is -2.40. The number of aromatic nitrogens is 2. The summed E-state index contributed by atoms with van der Waals surface area (Å²) in [6.45, 7) is 4.06. The molecule has 6 nitrogen and oxygen atoms in total. The summed E-state index contributed by atoms with van der Waals surface area (Å²) < 4.78 is 19.0. The van der Waals surface area contributed by atoms with Gasteiger partial charge in [-0.05, 0) is 31.9 Å². The molecular formula is C20H23FN4O2. The van der Waals surface area contributed by atoms with Gasteiger partial charge in [0, 0.05) is 49.6 Å². The average molecular weight is 370 g/mol. The SMILES string of the molecule is CC(Oc1cccc(F)c1)C(=O)N1CCCC1c1ncc2c(n1)CCNC2. The van der Waals surface area contributed by atoms with Crippen LogP contribution in [-0.2, 0) is 17.8 Å². The van der Waals surface area contributed by atoms with Crippen LogP contribution in [0.25, 0.3) is 0 Å². The minimum atomic E-state index is -0.700. The molecule has 2 aliphatic heterocycles. The van der Waals surface area contributed by atoms with Crippen LogP contribution in [0.5, 0.6) is 5.75 Å². The predicted octanol–water partition coefficient (Wildman–Crippen LogP) is 2.39. The number of hydrogen-bond donors (Lipinski definition) is 1. The van der Waals surface area contributed by atoms with Crippen LogP contribution < -0.4 is 10.1 Å². The molecule has 27 heavy (non-hydrogen) atoms. The van der Waals surface area contributed by atoms with Gasteiger partial charge in [-0.1, -0.05) is 6.07 Å². The van der Waals surface area contributed by atoms with Crippen molar-refractivity contribution < 1.29 is 13.9 Å². The number of nitrogens with zero attached hydrogens (tertiary/aromatic N) is 3. The number of benzene rings is 1. The molecule has 1 saturated heterocycles. The lowest BCUT2D eigenvalue weighted by Gasteiger charge is -2.27. The van der Waals surface area contributed by atoms with E-state index in [0.717, 1.165) is 43.6 Å². The number of halogens is 1. The first-order valence-electron chi connectivity index (χ1n) is 9.40. The summed E-state index contributed by atoms with van der Waals surface area (Å²) in [4.78, 5) is 24.0. The van der Waals surface area contributed by atoms with Crippen LogP contribution >= 0.6 is 0 Å². The first-order chi connectivity index (χ1) is 13.1. The van der Waals surface area contributed by atoms with Crippen molar-refractivity contribution in [2.24, 2.45) is 0 Å². The molecule has 3 heterocycles. The molecule has 2 unspecified atom stereocenters. The highest BCUT2D eigenvalue weighted by atomic mass is 19.1. The maximum atomic E-state index is 13.3. The number of amides is 1. The topological polar surface area (TPSA) is 67.3 Å². The number of carbonyl (C=O) groups excluding carboxylic acids is 1. The number of likely N-dealkylation sites (tertiary alicyclic amines) is 1. The minimum Gasteiger partial charge on any atom is -0.481 e. The number of ether oxygens (including phenoxy) is 1. The zero-order valence-electron chi connectivity index (χ0n) is 15.3. The number of fused-ring (bicyclic) bond motifs is 1. The molecule has 0 saturated carbocycles. The van der Waals surface area contributed by atoms with Gasteiger partial charge in [0.15, 0.2) is 11.9 Å². The number of nitrogens with one attached hydrogen (secondary N) is 1. The second-order valence-electron chi connectivity index (χ2n) is 7.03. The Bertz CT molecular complexity index is 844. The van der Waals surface area contributed by atoms with Crippen molar-refractivity contribution in [1.82, 2.24) is 20.2 Å². The summed E-state index contributed by atoms with van der Waals surface area (Å²) in [5, 5.41) is 3.31. The van der Waals surface area contributed by atoms with Gasteiger partial charge in [-0.15, -0.1) is 0 Å². The zero-order valence-corrected chi connectivity index (χ0v) is 15.3. The van der Waals surface area contributed by atoms with Crippen LogP contribution in [0.1, 0.15) is 42.9 Å². The Morgan fingerprint density at radius 1 is 1.44 bits per heavy atom. The molecule has 1 fully saturated rings. The molecule has 2 aromatic rings. The fourth-order valence-electron chi connectivity index (χ4n) is 3.74. The summed E-state index contributed by atoms with van der Waals surface area (Å²) in [5.74, 6) is 0.552. The van der Waals surface area contributed by atoms with Crippen molar-refractivity contribution in [3.05, 3.63) is 53.4 Å². The van der Waals surface area contributed by atoms with Gasteiger partial charge in [0.05, 0.1) is 6.04 Å². The predicted molar refractivity (Wildman–Crippen MR) is 97.6 cm³/mol. The maximum Gasteiger partial charge on any atom is 0.263 e. The van der Waals surface area contributed by atoms with E-state index < -0.39 is 6.10 Å². The Morgan fingerprint density at radius 3 is 3.19 bits per heavy atom. The quantitative estimate of drug-likeness (QED) is 0.895. The van der Waals surface area contributed by atoms with Crippen LogP contribution in [0.3, 0.4) is 0 Å².